The molecule has 2 nitrogen and oxygen atoms in total. The molecule has 14 heavy (non-hydrogen) atoms. The zero-order valence-corrected chi connectivity index (χ0v) is 8.70. The largest absolute Gasteiger partial charge is 0.490 e. The van der Waals surface area contributed by atoms with Crippen LogP contribution >= 0.6 is 11.6 Å². The number of hydrogen-bond donors (Lipinski definition) is 0. The van der Waals surface area contributed by atoms with Gasteiger partial charge in [0.2, 0.25) is 0 Å². The van der Waals surface area contributed by atoms with E-state index in [9.17, 15) is 0 Å². The van der Waals surface area contributed by atoms with E-state index < -0.39 is 0 Å². The van der Waals surface area contributed by atoms with Crippen LogP contribution in [0.4, 0.5) is 0 Å². The van der Waals surface area contributed by atoms with Crippen LogP contribution in [0.15, 0.2) is 30.3 Å². The van der Waals surface area contributed by atoms with Gasteiger partial charge in [-0.3, -0.25) is 0 Å². The second-order valence-corrected chi connectivity index (χ2v) is 3.17. The molecule has 1 aromatic rings. The molecule has 0 aliphatic carbocycles. The minimum Gasteiger partial charge on any atom is -0.490 e. The second-order valence-electron chi connectivity index (χ2n) is 2.73. The first kappa shape index (κ1) is 11.1. The molecule has 0 amide bonds. The highest BCUT2D eigenvalue weighted by atomic mass is 35.5. The smallest absolute Gasteiger partial charge is 0.120 e. The summed E-state index contributed by atoms with van der Waals surface area (Å²) in [5.41, 5.74) is 0. The molecule has 0 bridgehead atoms. The van der Waals surface area contributed by atoms with Crippen LogP contribution in [-0.4, -0.2) is 19.8 Å². The summed E-state index contributed by atoms with van der Waals surface area (Å²) in [6.45, 7) is 5.70. The Morgan fingerprint density at radius 3 is 2.93 bits per heavy atom. The lowest BCUT2D eigenvalue weighted by Crippen LogP contribution is -2.17. The van der Waals surface area contributed by atoms with E-state index in [1.54, 1.807) is 19.2 Å². The molecule has 1 rings (SSSR count). The third-order valence-corrected chi connectivity index (χ3v) is 1.96. The Labute approximate surface area is 89.1 Å². The molecule has 75 valence electrons. The standard InChI is InChI=1S/C11H12ClO2/c1-3-10(13-2)8-14-11-6-4-5-9(12)7-11/h1,3-7,10H,8H2,2H3. The van der Waals surface area contributed by atoms with Crippen LogP contribution in [0.3, 0.4) is 0 Å². The van der Waals surface area contributed by atoms with Crippen molar-refractivity contribution in [3.63, 3.8) is 0 Å². The summed E-state index contributed by atoms with van der Waals surface area (Å²) in [4.78, 5) is 0. The van der Waals surface area contributed by atoms with Crippen LogP contribution < -0.4 is 4.74 Å². The fourth-order valence-electron chi connectivity index (χ4n) is 0.937. The number of benzene rings is 1. The summed E-state index contributed by atoms with van der Waals surface area (Å²) in [7, 11) is 1.58. The quantitative estimate of drug-likeness (QED) is 0.746. The van der Waals surface area contributed by atoms with Gasteiger partial charge < -0.3 is 9.47 Å². The maximum atomic E-state index is 5.78. The van der Waals surface area contributed by atoms with E-state index >= 15 is 0 Å². The molecule has 0 fully saturated rings. The van der Waals surface area contributed by atoms with Crippen molar-refractivity contribution in [2.75, 3.05) is 13.7 Å². The molecule has 3 heteroatoms. The highest BCUT2D eigenvalue weighted by Gasteiger charge is 2.02. The van der Waals surface area contributed by atoms with E-state index in [-0.39, 0.29) is 6.10 Å². The van der Waals surface area contributed by atoms with Crippen molar-refractivity contribution >= 4 is 11.6 Å². The van der Waals surface area contributed by atoms with Crippen LogP contribution in [0.1, 0.15) is 0 Å². The molecular weight excluding hydrogens is 200 g/mol. The highest BCUT2D eigenvalue weighted by molar-refractivity contribution is 6.30. The van der Waals surface area contributed by atoms with Crippen molar-refractivity contribution in [2.45, 2.75) is 6.10 Å². The zero-order valence-electron chi connectivity index (χ0n) is 7.94. The molecule has 1 unspecified atom stereocenters. The average molecular weight is 212 g/mol. The van der Waals surface area contributed by atoms with Gasteiger partial charge >= 0.3 is 0 Å². The van der Waals surface area contributed by atoms with Gasteiger partial charge in [0.15, 0.2) is 0 Å². The molecule has 0 spiro atoms. The maximum absolute atomic E-state index is 5.78. The van der Waals surface area contributed by atoms with Gasteiger partial charge in [0.05, 0.1) is 0 Å². The summed E-state index contributed by atoms with van der Waals surface area (Å²) >= 11 is 5.78. The fraction of sp³-hybridized carbons (Fsp3) is 0.273. The Morgan fingerprint density at radius 2 is 2.36 bits per heavy atom. The van der Waals surface area contributed by atoms with Crippen molar-refractivity contribution in [1.29, 1.82) is 0 Å². The van der Waals surface area contributed by atoms with Gasteiger partial charge in [-0.15, -0.1) is 0 Å². The topological polar surface area (TPSA) is 18.5 Å². The predicted octanol–water partition coefficient (Wildman–Crippen LogP) is 2.72. The summed E-state index contributed by atoms with van der Waals surface area (Å²) in [5.74, 6) is 0.710. The van der Waals surface area contributed by atoms with Crippen LogP contribution in [0.25, 0.3) is 0 Å². The van der Waals surface area contributed by atoms with E-state index in [0.717, 1.165) is 0 Å². The Hall–Kier alpha value is -0.990. The number of methoxy groups -OCH3 is 1. The Kier molecular flexibility index (Phi) is 4.50. The lowest BCUT2D eigenvalue weighted by Gasteiger charge is -2.11. The molecule has 0 heterocycles. The number of rotatable bonds is 5. The first-order valence-corrected chi connectivity index (χ1v) is 4.60. The van der Waals surface area contributed by atoms with Gasteiger partial charge in [-0.2, -0.15) is 0 Å². The third kappa shape index (κ3) is 3.40. The molecular formula is C11H12ClO2. The monoisotopic (exact) mass is 211 g/mol. The van der Waals surface area contributed by atoms with Crippen molar-refractivity contribution in [2.24, 2.45) is 0 Å². The second kappa shape index (κ2) is 5.68. The average Bonchev–Trinajstić information content (AvgIpc) is 2.19. The van der Waals surface area contributed by atoms with Crippen LogP contribution in [0.2, 0.25) is 5.02 Å². The Morgan fingerprint density at radius 1 is 1.57 bits per heavy atom. The molecule has 0 aliphatic rings. The maximum Gasteiger partial charge on any atom is 0.120 e. The number of ether oxygens (including phenoxy) is 2. The lowest BCUT2D eigenvalue weighted by atomic mass is 10.3. The van der Waals surface area contributed by atoms with Crippen molar-refractivity contribution in [3.8, 4) is 5.75 Å². The van der Waals surface area contributed by atoms with Crippen LogP contribution in [0, 0.1) is 6.58 Å². The van der Waals surface area contributed by atoms with Gasteiger partial charge in [-0.25, -0.2) is 0 Å². The van der Waals surface area contributed by atoms with E-state index in [0.29, 0.717) is 17.4 Å². The highest BCUT2D eigenvalue weighted by Crippen LogP contribution is 2.17. The number of halogens is 1. The van der Waals surface area contributed by atoms with E-state index in [1.807, 2.05) is 12.1 Å². The molecule has 0 aromatic heterocycles. The van der Waals surface area contributed by atoms with Gasteiger partial charge in [0.1, 0.15) is 18.5 Å². The molecule has 1 radical (unpaired) electrons. The summed E-state index contributed by atoms with van der Waals surface area (Å²) in [6, 6.07) is 7.18. The normalized spacial score (nSPS) is 12.1. The van der Waals surface area contributed by atoms with Crippen LogP contribution in [0.5, 0.6) is 5.75 Å². The minimum absolute atomic E-state index is 0.200. The first-order valence-electron chi connectivity index (χ1n) is 4.22. The molecule has 1 aromatic carbocycles. The SMILES string of the molecule is [CH]=CC(COc1cccc(Cl)c1)OC. The summed E-state index contributed by atoms with van der Waals surface area (Å²) in [6.07, 6.45) is 1.25. The van der Waals surface area contributed by atoms with Gasteiger partial charge in [-0.05, 0) is 18.2 Å². The summed E-state index contributed by atoms with van der Waals surface area (Å²) < 4.78 is 10.4. The molecule has 1 atom stereocenters. The van der Waals surface area contributed by atoms with E-state index in [1.165, 1.54) is 6.08 Å². The zero-order chi connectivity index (χ0) is 10.4. The Bertz CT molecular complexity index is 299. The van der Waals surface area contributed by atoms with Gasteiger partial charge in [0.25, 0.3) is 0 Å². The first-order chi connectivity index (χ1) is 6.76. The van der Waals surface area contributed by atoms with Crippen molar-refractivity contribution in [1.82, 2.24) is 0 Å². The molecule has 0 saturated heterocycles. The third-order valence-electron chi connectivity index (χ3n) is 1.73. The molecule has 0 N–H and O–H groups in total. The van der Waals surface area contributed by atoms with E-state index in [2.05, 4.69) is 0 Å². The molecule has 0 aliphatic heterocycles. The summed E-state index contributed by atoms with van der Waals surface area (Å²) in [5, 5.41) is 0.646. The minimum atomic E-state index is -0.200. The Balaban J connectivity index is 2.48. The van der Waals surface area contributed by atoms with Gasteiger partial charge in [-0.1, -0.05) is 30.3 Å². The lowest BCUT2D eigenvalue weighted by molar-refractivity contribution is 0.0917. The van der Waals surface area contributed by atoms with Crippen molar-refractivity contribution < 1.29 is 9.47 Å². The van der Waals surface area contributed by atoms with Crippen LogP contribution in [-0.2, 0) is 4.74 Å². The number of hydrogen-bond acceptors (Lipinski definition) is 2. The van der Waals surface area contributed by atoms with E-state index in [4.69, 9.17) is 27.7 Å². The molecule has 0 saturated carbocycles. The fourth-order valence-corrected chi connectivity index (χ4v) is 1.12. The van der Waals surface area contributed by atoms with Crippen molar-refractivity contribution in [3.05, 3.63) is 41.9 Å². The van der Waals surface area contributed by atoms with Gasteiger partial charge in [0, 0.05) is 12.1 Å². The predicted molar refractivity (Wildman–Crippen MR) is 56.6 cm³/mol.